The topological polar surface area (TPSA) is 61.5 Å². The molecule has 1 aliphatic rings. The Hall–Kier alpha value is -2.12. The number of nitrogens with one attached hydrogen (secondary N) is 1. The molecule has 1 fully saturated rings. The van der Waals surface area contributed by atoms with Crippen LogP contribution in [-0.2, 0) is 0 Å². The predicted octanol–water partition coefficient (Wildman–Crippen LogP) is 4.61. The van der Waals surface area contributed by atoms with E-state index >= 15 is 0 Å². The number of hydrogen-bond acceptors (Lipinski definition) is 4. The molecule has 8 heteroatoms. The van der Waals surface area contributed by atoms with E-state index in [9.17, 15) is 5.11 Å². The van der Waals surface area contributed by atoms with Crippen molar-refractivity contribution in [1.29, 1.82) is 0 Å². The Bertz CT molecular complexity index is 996. The fraction of sp³-hybridized carbons (Fsp3) is 0.200. The number of aromatic nitrogens is 1. The summed E-state index contributed by atoms with van der Waals surface area (Å²) in [6.45, 7) is 0.363. The van der Waals surface area contributed by atoms with E-state index in [0.29, 0.717) is 33.2 Å². The number of β-amino-alcohol motifs (C(OH)–C–C–N with tert-alkyl or cyclic N) is 1. The van der Waals surface area contributed by atoms with Crippen LogP contribution in [0.25, 0.3) is 11.3 Å². The van der Waals surface area contributed by atoms with E-state index in [1.54, 1.807) is 18.3 Å². The van der Waals surface area contributed by atoms with E-state index in [2.05, 4.69) is 10.3 Å². The van der Waals surface area contributed by atoms with Crippen molar-refractivity contribution >= 4 is 40.5 Å². The Morgan fingerprint density at radius 2 is 2.04 bits per heavy atom. The quantitative estimate of drug-likeness (QED) is 0.572. The largest absolute Gasteiger partial charge is 0.459 e. The Kier molecular flexibility index (Phi) is 5.55. The van der Waals surface area contributed by atoms with Crippen LogP contribution in [0.15, 0.2) is 59.1 Å². The molecule has 0 aliphatic carbocycles. The number of benzene rings is 1. The number of rotatable bonds is 5. The molecule has 2 atom stereocenters. The first kappa shape index (κ1) is 19.2. The molecule has 2 aromatic heterocycles. The van der Waals surface area contributed by atoms with Gasteiger partial charge >= 0.3 is 0 Å². The molecular weight excluding hydrogens is 417 g/mol. The first-order valence-corrected chi connectivity index (χ1v) is 9.89. The smallest absolute Gasteiger partial charge is 0.170 e. The number of aliphatic hydroxyl groups is 1. The molecular formula is C20H17Cl2N3O2S. The van der Waals surface area contributed by atoms with Gasteiger partial charge < -0.3 is 19.7 Å². The van der Waals surface area contributed by atoms with Gasteiger partial charge in [0.25, 0.3) is 0 Å². The van der Waals surface area contributed by atoms with Gasteiger partial charge in [0.15, 0.2) is 5.11 Å². The maximum Gasteiger partial charge on any atom is 0.170 e. The van der Waals surface area contributed by atoms with Crippen molar-refractivity contribution in [2.75, 3.05) is 13.2 Å². The van der Waals surface area contributed by atoms with Crippen LogP contribution in [0.2, 0.25) is 10.0 Å². The van der Waals surface area contributed by atoms with Crippen molar-refractivity contribution in [1.82, 2.24) is 15.2 Å². The summed E-state index contributed by atoms with van der Waals surface area (Å²) in [4.78, 5) is 6.38. The van der Waals surface area contributed by atoms with Gasteiger partial charge in [-0.15, -0.1) is 0 Å². The highest BCUT2D eigenvalue weighted by Gasteiger charge is 2.41. The van der Waals surface area contributed by atoms with E-state index in [1.165, 1.54) is 0 Å². The molecule has 1 aliphatic heterocycles. The third-order valence-electron chi connectivity index (χ3n) is 4.65. The number of furan rings is 1. The van der Waals surface area contributed by atoms with Crippen molar-refractivity contribution in [3.63, 3.8) is 0 Å². The fourth-order valence-corrected chi connectivity index (χ4v) is 4.24. The van der Waals surface area contributed by atoms with Crippen LogP contribution < -0.4 is 5.32 Å². The summed E-state index contributed by atoms with van der Waals surface area (Å²) in [6, 6.07) is 14.4. The number of nitrogens with zero attached hydrogens (tertiary/aromatic N) is 2. The second kappa shape index (κ2) is 8.09. The van der Waals surface area contributed by atoms with Crippen LogP contribution in [0, 0.1) is 0 Å². The zero-order chi connectivity index (χ0) is 19.7. The number of hydrogen-bond donors (Lipinski definition) is 2. The van der Waals surface area contributed by atoms with E-state index in [1.807, 2.05) is 41.3 Å². The molecule has 144 valence electrons. The number of halogens is 2. The minimum Gasteiger partial charge on any atom is -0.459 e. The van der Waals surface area contributed by atoms with Crippen molar-refractivity contribution in [2.45, 2.75) is 12.1 Å². The van der Waals surface area contributed by atoms with Gasteiger partial charge in [0, 0.05) is 23.3 Å². The molecule has 2 N–H and O–H groups in total. The van der Waals surface area contributed by atoms with Crippen molar-refractivity contribution in [3.8, 4) is 11.3 Å². The third-order valence-corrected chi connectivity index (χ3v) is 5.55. The molecule has 0 saturated carbocycles. The second-order valence-corrected chi connectivity index (χ2v) is 7.60. The van der Waals surface area contributed by atoms with E-state index in [4.69, 9.17) is 39.8 Å². The molecule has 4 rings (SSSR count). The maximum atomic E-state index is 9.51. The summed E-state index contributed by atoms with van der Waals surface area (Å²) in [5.41, 5.74) is 1.60. The van der Waals surface area contributed by atoms with E-state index in [-0.39, 0.29) is 18.7 Å². The lowest BCUT2D eigenvalue weighted by Gasteiger charge is -2.25. The lowest BCUT2D eigenvalue weighted by Crippen LogP contribution is -2.32. The van der Waals surface area contributed by atoms with Gasteiger partial charge in [-0.3, -0.25) is 4.98 Å². The van der Waals surface area contributed by atoms with Crippen molar-refractivity contribution in [2.24, 2.45) is 0 Å². The van der Waals surface area contributed by atoms with E-state index < -0.39 is 0 Å². The molecule has 1 aromatic carbocycles. The molecule has 1 saturated heterocycles. The SMILES string of the molecule is OCCN1C(=S)N[C@@H](c2ccccn2)[C@H]1c1ccc(-c2ccc(Cl)cc2Cl)o1. The lowest BCUT2D eigenvalue weighted by molar-refractivity contribution is 0.209. The number of aliphatic hydroxyl groups excluding tert-OH is 1. The van der Waals surface area contributed by atoms with Gasteiger partial charge in [-0.05, 0) is 54.7 Å². The van der Waals surface area contributed by atoms with Crippen LogP contribution in [-0.4, -0.2) is 33.3 Å². The molecule has 3 aromatic rings. The summed E-state index contributed by atoms with van der Waals surface area (Å²) < 4.78 is 6.17. The molecule has 0 spiro atoms. The zero-order valence-corrected chi connectivity index (χ0v) is 17.0. The number of pyridine rings is 1. The predicted molar refractivity (Wildman–Crippen MR) is 113 cm³/mol. The van der Waals surface area contributed by atoms with Crippen molar-refractivity contribution in [3.05, 3.63) is 76.2 Å². The summed E-state index contributed by atoms with van der Waals surface area (Å²) in [6.07, 6.45) is 1.74. The molecule has 28 heavy (non-hydrogen) atoms. The average Bonchev–Trinajstić information content (AvgIpc) is 3.28. The summed E-state index contributed by atoms with van der Waals surface area (Å²) in [7, 11) is 0. The third kappa shape index (κ3) is 3.61. The van der Waals surface area contributed by atoms with Gasteiger partial charge in [-0.25, -0.2) is 0 Å². The summed E-state index contributed by atoms with van der Waals surface area (Å²) >= 11 is 17.8. The van der Waals surface area contributed by atoms with Crippen LogP contribution in [0.4, 0.5) is 0 Å². The first-order chi connectivity index (χ1) is 13.6. The highest BCUT2D eigenvalue weighted by molar-refractivity contribution is 7.80. The Morgan fingerprint density at radius 3 is 2.75 bits per heavy atom. The van der Waals surface area contributed by atoms with Gasteiger partial charge in [-0.1, -0.05) is 29.3 Å². The molecule has 3 heterocycles. The van der Waals surface area contributed by atoms with Crippen LogP contribution in [0.3, 0.4) is 0 Å². The minimum absolute atomic E-state index is 0.0240. The van der Waals surface area contributed by atoms with Gasteiger partial charge in [0.05, 0.1) is 23.4 Å². The van der Waals surface area contributed by atoms with Crippen LogP contribution in [0.1, 0.15) is 23.5 Å². The average molecular weight is 434 g/mol. The molecule has 0 radical (unpaired) electrons. The van der Waals surface area contributed by atoms with Crippen molar-refractivity contribution < 1.29 is 9.52 Å². The van der Waals surface area contributed by atoms with Crippen LogP contribution in [0.5, 0.6) is 0 Å². The Balaban J connectivity index is 1.73. The van der Waals surface area contributed by atoms with Gasteiger partial charge in [0.2, 0.25) is 0 Å². The molecule has 0 bridgehead atoms. The van der Waals surface area contributed by atoms with Crippen LogP contribution >= 0.6 is 35.4 Å². The first-order valence-electron chi connectivity index (χ1n) is 8.72. The fourth-order valence-electron chi connectivity index (χ4n) is 3.41. The molecule has 0 amide bonds. The molecule has 0 unspecified atom stereocenters. The maximum absolute atomic E-state index is 9.51. The highest BCUT2D eigenvalue weighted by Crippen LogP contribution is 2.41. The summed E-state index contributed by atoms with van der Waals surface area (Å²) in [5.74, 6) is 1.34. The lowest BCUT2D eigenvalue weighted by atomic mass is 10.0. The zero-order valence-electron chi connectivity index (χ0n) is 14.7. The second-order valence-electron chi connectivity index (χ2n) is 6.37. The Labute approximate surface area is 177 Å². The number of thiocarbonyl (C=S) groups is 1. The highest BCUT2D eigenvalue weighted by atomic mass is 35.5. The monoisotopic (exact) mass is 433 g/mol. The standard InChI is InChI=1S/C20H17Cl2N3O2S/c21-12-4-5-13(14(22)11-12)16-6-7-17(27-16)19-18(15-3-1-2-8-23-15)24-20(28)25(19)9-10-26/h1-8,11,18-19,26H,9-10H2,(H,24,28)/t18-,19+/m0/s1. The van der Waals surface area contributed by atoms with Gasteiger partial charge in [0.1, 0.15) is 17.6 Å². The Morgan fingerprint density at radius 1 is 1.18 bits per heavy atom. The normalized spacial score (nSPS) is 19.1. The summed E-state index contributed by atoms with van der Waals surface area (Å²) in [5, 5.41) is 14.4. The minimum atomic E-state index is -0.241. The van der Waals surface area contributed by atoms with E-state index in [0.717, 1.165) is 11.3 Å². The molecule has 5 nitrogen and oxygen atoms in total. The van der Waals surface area contributed by atoms with Gasteiger partial charge in [-0.2, -0.15) is 0 Å².